The second kappa shape index (κ2) is 7.93. The van der Waals surface area contributed by atoms with Crippen LogP contribution in [0.1, 0.15) is 40.9 Å². The summed E-state index contributed by atoms with van der Waals surface area (Å²) in [5.74, 6) is -0.362. The molecule has 0 spiro atoms. The van der Waals surface area contributed by atoms with Gasteiger partial charge in [-0.2, -0.15) is 0 Å². The predicted molar refractivity (Wildman–Crippen MR) is 94.5 cm³/mol. The van der Waals surface area contributed by atoms with E-state index in [2.05, 4.69) is 37.4 Å². The first kappa shape index (κ1) is 17.9. The van der Waals surface area contributed by atoms with E-state index in [1.54, 1.807) is 0 Å². The van der Waals surface area contributed by atoms with Crippen LogP contribution < -0.4 is 5.32 Å². The van der Waals surface area contributed by atoms with Gasteiger partial charge in [0.05, 0.1) is 4.92 Å². The first-order chi connectivity index (χ1) is 11.5. The molecule has 0 aliphatic carbocycles. The maximum absolute atomic E-state index is 12.3. The van der Waals surface area contributed by atoms with E-state index in [1.165, 1.54) is 29.3 Å². The molecule has 6 heteroatoms. The van der Waals surface area contributed by atoms with E-state index < -0.39 is 4.92 Å². The number of benzene rings is 2. The van der Waals surface area contributed by atoms with Crippen molar-refractivity contribution in [3.63, 3.8) is 0 Å². The summed E-state index contributed by atoms with van der Waals surface area (Å²) in [7, 11) is 0. The van der Waals surface area contributed by atoms with Gasteiger partial charge in [-0.25, -0.2) is 0 Å². The van der Waals surface area contributed by atoms with Crippen molar-refractivity contribution < 1.29 is 9.72 Å². The molecule has 0 aliphatic heterocycles. The molecule has 0 saturated carbocycles. The minimum absolute atomic E-state index is 0.0143. The molecule has 1 N–H and O–H groups in total. The van der Waals surface area contributed by atoms with E-state index in [0.717, 1.165) is 18.4 Å². The maximum Gasteiger partial charge on any atom is 0.288 e. The summed E-state index contributed by atoms with van der Waals surface area (Å²) >= 11 is 5.77. The zero-order valence-electron chi connectivity index (χ0n) is 13.6. The lowest BCUT2D eigenvalue weighted by molar-refractivity contribution is -0.384. The van der Waals surface area contributed by atoms with Gasteiger partial charge in [-0.3, -0.25) is 14.9 Å². The average molecular weight is 347 g/mol. The highest BCUT2D eigenvalue weighted by Crippen LogP contribution is 2.25. The first-order valence-electron chi connectivity index (χ1n) is 7.79. The molecule has 1 amide bonds. The molecule has 0 aliphatic rings. The Hall–Kier alpha value is -2.40. The van der Waals surface area contributed by atoms with Gasteiger partial charge in [0, 0.05) is 18.2 Å². The zero-order chi connectivity index (χ0) is 17.7. The summed E-state index contributed by atoms with van der Waals surface area (Å²) in [6.07, 6.45) is 1.80. The molecule has 0 fully saturated rings. The van der Waals surface area contributed by atoms with Crippen molar-refractivity contribution in [3.8, 4) is 0 Å². The van der Waals surface area contributed by atoms with Gasteiger partial charge in [0.2, 0.25) is 0 Å². The Balaban J connectivity index is 2.16. The van der Waals surface area contributed by atoms with Gasteiger partial charge in [-0.1, -0.05) is 43.6 Å². The number of hydrogen-bond donors (Lipinski definition) is 1. The Kier molecular flexibility index (Phi) is 5.93. The Morgan fingerprint density at radius 1 is 1.12 bits per heavy atom. The fourth-order valence-corrected chi connectivity index (χ4v) is 2.67. The third-order valence-corrected chi connectivity index (χ3v) is 4.22. The summed E-state index contributed by atoms with van der Waals surface area (Å²) in [4.78, 5) is 22.6. The Morgan fingerprint density at radius 3 is 2.50 bits per heavy atom. The minimum atomic E-state index is -0.598. The van der Waals surface area contributed by atoms with Crippen LogP contribution in [-0.4, -0.2) is 10.8 Å². The molecule has 0 saturated heterocycles. The largest absolute Gasteiger partial charge is 0.348 e. The summed E-state index contributed by atoms with van der Waals surface area (Å²) in [5, 5.41) is 13.8. The lowest BCUT2D eigenvalue weighted by Gasteiger charge is -2.11. The fraction of sp³-hybridized carbons (Fsp3) is 0.278. The van der Waals surface area contributed by atoms with Gasteiger partial charge in [-0.15, -0.1) is 0 Å². The van der Waals surface area contributed by atoms with E-state index in [0.29, 0.717) is 6.54 Å². The number of hydrogen-bond acceptors (Lipinski definition) is 3. The Bertz CT molecular complexity index is 775. The number of nitrogens with zero attached hydrogens (tertiary/aromatic N) is 1. The van der Waals surface area contributed by atoms with Crippen LogP contribution in [0.2, 0.25) is 5.02 Å². The maximum atomic E-state index is 12.3. The van der Waals surface area contributed by atoms with Crippen molar-refractivity contribution in [2.45, 2.75) is 33.2 Å². The number of halogens is 1. The van der Waals surface area contributed by atoms with Crippen LogP contribution in [0, 0.1) is 10.1 Å². The lowest BCUT2D eigenvalue weighted by Crippen LogP contribution is -2.23. The topological polar surface area (TPSA) is 72.2 Å². The van der Waals surface area contributed by atoms with Crippen LogP contribution in [0.25, 0.3) is 0 Å². The molecule has 0 atom stereocenters. The molecule has 2 aromatic carbocycles. The molecule has 5 nitrogen and oxygen atoms in total. The number of carbonyl (C=O) groups is 1. The molecule has 2 aromatic rings. The van der Waals surface area contributed by atoms with E-state index in [-0.39, 0.29) is 22.2 Å². The minimum Gasteiger partial charge on any atom is -0.348 e. The number of amides is 1. The van der Waals surface area contributed by atoms with Crippen LogP contribution in [0.4, 0.5) is 5.69 Å². The van der Waals surface area contributed by atoms with Crippen molar-refractivity contribution in [2.75, 3.05) is 0 Å². The Morgan fingerprint density at radius 2 is 1.88 bits per heavy atom. The number of nitro benzene ring substituents is 1. The van der Waals surface area contributed by atoms with Crippen molar-refractivity contribution in [3.05, 3.63) is 73.8 Å². The van der Waals surface area contributed by atoms with Gasteiger partial charge in [0.25, 0.3) is 11.6 Å². The summed E-state index contributed by atoms with van der Waals surface area (Å²) in [6, 6.07) is 10.3. The molecular formula is C18H19ClN2O3. The van der Waals surface area contributed by atoms with Gasteiger partial charge in [0.1, 0.15) is 5.02 Å². The number of nitro groups is 1. The Labute approximate surface area is 145 Å². The van der Waals surface area contributed by atoms with E-state index >= 15 is 0 Å². The molecular weight excluding hydrogens is 328 g/mol. The number of rotatable bonds is 6. The van der Waals surface area contributed by atoms with Crippen LogP contribution in [-0.2, 0) is 19.4 Å². The normalized spacial score (nSPS) is 10.5. The number of carbonyl (C=O) groups excluding carboxylic acids is 1. The zero-order valence-corrected chi connectivity index (χ0v) is 14.4. The molecule has 0 aromatic heterocycles. The highest BCUT2D eigenvalue weighted by molar-refractivity contribution is 6.32. The van der Waals surface area contributed by atoms with Crippen molar-refractivity contribution in [1.29, 1.82) is 0 Å². The van der Waals surface area contributed by atoms with Gasteiger partial charge in [-0.05, 0) is 41.7 Å². The van der Waals surface area contributed by atoms with Crippen molar-refractivity contribution in [2.24, 2.45) is 0 Å². The summed E-state index contributed by atoms with van der Waals surface area (Å²) in [5.41, 5.74) is 3.39. The SMILES string of the molecule is CCc1ccc(CC)c(CNC(=O)c2ccc(Cl)c([N+](=O)[O-])c2)c1. The molecule has 0 heterocycles. The van der Waals surface area contributed by atoms with Crippen LogP contribution in [0.15, 0.2) is 36.4 Å². The molecule has 126 valence electrons. The second-order valence-corrected chi connectivity index (χ2v) is 5.82. The van der Waals surface area contributed by atoms with Gasteiger partial charge >= 0.3 is 0 Å². The van der Waals surface area contributed by atoms with E-state index in [1.807, 2.05) is 0 Å². The van der Waals surface area contributed by atoms with E-state index in [9.17, 15) is 14.9 Å². The van der Waals surface area contributed by atoms with Crippen LogP contribution >= 0.6 is 11.6 Å². The standard InChI is InChI=1S/C18H19ClN2O3/c1-3-12-5-6-13(4-2)15(9-12)11-20-18(22)14-7-8-16(19)17(10-14)21(23)24/h5-10H,3-4,11H2,1-2H3,(H,20,22). The average Bonchev–Trinajstić information content (AvgIpc) is 2.59. The summed E-state index contributed by atoms with van der Waals surface area (Å²) < 4.78 is 0. The third kappa shape index (κ3) is 4.11. The fourth-order valence-electron chi connectivity index (χ4n) is 2.48. The van der Waals surface area contributed by atoms with Gasteiger partial charge < -0.3 is 5.32 Å². The van der Waals surface area contributed by atoms with Crippen LogP contribution in [0.3, 0.4) is 0 Å². The third-order valence-electron chi connectivity index (χ3n) is 3.90. The second-order valence-electron chi connectivity index (χ2n) is 5.42. The predicted octanol–water partition coefficient (Wildman–Crippen LogP) is 4.30. The highest BCUT2D eigenvalue weighted by atomic mass is 35.5. The first-order valence-corrected chi connectivity index (χ1v) is 8.16. The molecule has 0 bridgehead atoms. The monoisotopic (exact) mass is 346 g/mol. The molecule has 0 unspecified atom stereocenters. The van der Waals surface area contributed by atoms with Crippen molar-refractivity contribution >= 4 is 23.2 Å². The number of nitrogens with one attached hydrogen (secondary N) is 1. The van der Waals surface area contributed by atoms with Crippen molar-refractivity contribution in [1.82, 2.24) is 5.32 Å². The van der Waals surface area contributed by atoms with Gasteiger partial charge in [0.15, 0.2) is 0 Å². The molecule has 0 radical (unpaired) electrons. The van der Waals surface area contributed by atoms with Crippen LogP contribution in [0.5, 0.6) is 0 Å². The molecule has 24 heavy (non-hydrogen) atoms. The molecule has 2 rings (SSSR count). The number of aryl methyl sites for hydroxylation is 2. The van der Waals surface area contributed by atoms with E-state index in [4.69, 9.17) is 11.6 Å². The quantitative estimate of drug-likeness (QED) is 0.626. The smallest absolute Gasteiger partial charge is 0.288 e. The lowest BCUT2D eigenvalue weighted by atomic mass is 10.0. The summed E-state index contributed by atoms with van der Waals surface area (Å²) in [6.45, 7) is 4.53. The highest BCUT2D eigenvalue weighted by Gasteiger charge is 2.16.